The van der Waals surface area contributed by atoms with Gasteiger partial charge in [-0.15, -0.1) is 0 Å². The number of rotatable bonds is 5. The van der Waals surface area contributed by atoms with Crippen molar-refractivity contribution in [3.8, 4) is 5.69 Å². The Bertz CT molecular complexity index is 1690. The number of aromatic amines is 1. The van der Waals surface area contributed by atoms with Crippen LogP contribution in [0.15, 0.2) is 65.8 Å². The van der Waals surface area contributed by atoms with Gasteiger partial charge in [-0.05, 0) is 67.7 Å². The molecule has 194 valence electrons. The molecule has 0 atom stereocenters. The van der Waals surface area contributed by atoms with Crippen molar-refractivity contribution < 1.29 is 4.79 Å². The van der Waals surface area contributed by atoms with Gasteiger partial charge in [0.1, 0.15) is 5.65 Å². The zero-order valence-electron chi connectivity index (χ0n) is 21.9. The minimum absolute atomic E-state index is 0.0332. The van der Waals surface area contributed by atoms with E-state index in [4.69, 9.17) is 0 Å². The lowest BCUT2D eigenvalue weighted by Crippen LogP contribution is -2.33. The molecule has 0 radical (unpaired) electrons. The Morgan fingerprint density at radius 2 is 1.84 bits per heavy atom. The highest BCUT2D eigenvalue weighted by Gasteiger charge is 2.23. The van der Waals surface area contributed by atoms with Crippen LogP contribution in [0.5, 0.6) is 0 Å². The number of benzene rings is 1. The van der Waals surface area contributed by atoms with E-state index in [1.807, 2.05) is 31.3 Å². The number of carbonyl (C=O) groups excluding carboxylic acids is 1. The molecule has 5 heterocycles. The molecule has 4 aromatic heterocycles. The van der Waals surface area contributed by atoms with E-state index in [1.165, 1.54) is 11.3 Å². The van der Waals surface area contributed by atoms with Crippen LogP contribution in [0.1, 0.15) is 40.4 Å². The molecule has 0 spiro atoms. The molecule has 1 aliphatic rings. The number of carbonyl (C=O) groups is 1. The molecule has 1 aromatic carbocycles. The molecule has 9 nitrogen and oxygen atoms in total. The molecule has 0 unspecified atom stereocenters. The number of hydrogen-bond donors (Lipinski definition) is 1. The van der Waals surface area contributed by atoms with Crippen LogP contribution in [-0.4, -0.2) is 67.2 Å². The van der Waals surface area contributed by atoms with Gasteiger partial charge in [-0.3, -0.25) is 24.2 Å². The third-order valence-electron chi connectivity index (χ3n) is 7.78. The summed E-state index contributed by atoms with van der Waals surface area (Å²) in [4.78, 5) is 34.0. The lowest BCUT2D eigenvalue weighted by atomic mass is 9.89. The summed E-state index contributed by atoms with van der Waals surface area (Å²) in [5.74, 6) is 0.533. The second kappa shape index (κ2) is 9.57. The maximum Gasteiger partial charge on any atom is 0.266 e. The van der Waals surface area contributed by atoms with Crippen LogP contribution < -0.4 is 5.56 Å². The summed E-state index contributed by atoms with van der Waals surface area (Å²) in [6.07, 6.45) is 7.28. The number of piperidine rings is 1. The number of hydrogen-bond acceptors (Lipinski definition) is 5. The Morgan fingerprint density at radius 1 is 1.08 bits per heavy atom. The third-order valence-corrected chi connectivity index (χ3v) is 7.78. The highest BCUT2D eigenvalue weighted by molar-refractivity contribution is 5.93. The van der Waals surface area contributed by atoms with E-state index in [0.717, 1.165) is 60.3 Å². The normalized spacial score (nSPS) is 14.9. The number of nitrogens with zero attached hydrogens (tertiary/aromatic N) is 6. The Morgan fingerprint density at radius 3 is 2.58 bits per heavy atom. The van der Waals surface area contributed by atoms with Crippen LogP contribution in [0, 0.1) is 0 Å². The van der Waals surface area contributed by atoms with Crippen molar-refractivity contribution in [1.82, 2.24) is 34.1 Å². The number of aromatic nitrogens is 5. The SMILES string of the molecule is CN(C)C(=O)c1ccc(C2CCN(Cc3cc4c(-n5ccc6[nH]ncc6c5=O)ccnc4n3C)CC2)cc1. The van der Waals surface area contributed by atoms with Gasteiger partial charge >= 0.3 is 0 Å². The first kappa shape index (κ1) is 24.1. The molecule has 1 amide bonds. The summed E-state index contributed by atoms with van der Waals surface area (Å²) in [7, 11) is 5.59. The molecule has 0 saturated carbocycles. The zero-order valence-corrected chi connectivity index (χ0v) is 21.9. The largest absolute Gasteiger partial charge is 0.345 e. The van der Waals surface area contributed by atoms with Gasteiger partial charge in [0.05, 0.1) is 22.8 Å². The first-order chi connectivity index (χ1) is 18.4. The molecule has 1 aliphatic heterocycles. The van der Waals surface area contributed by atoms with Crippen LogP contribution in [0.2, 0.25) is 0 Å². The predicted octanol–water partition coefficient (Wildman–Crippen LogP) is 3.68. The summed E-state index contributed by atoms with van der Waals surface area (Å²) < 4.78 is 3.81. The number of aryl methyl sites for hydroxylation is 1. The number of amides is 1. The van der Waals surface area contributed by atoms with Crippen LogP contribution >= 0.6 is 0 Å². The van der Waals surface area contributed by atoms with Gasteiger partial charge in [-0.1, -0.05) is 12.1 Å². The number of likely N-dealkylation sites (tertiary alicyclic amines) is 1. The highest BCUT2D eigenvalue weighted by Crippen LogP contribution is 2.30. The van der Waals surface area contributed by atoms with E-state index in [2.05, 4.69) is 42.8 Å². The molecule has 5 aromatic rings. The smallest absolute Gasteiger partial charge is 0.266 e. The molecular weight excluding hydrogens is 478 g/mol. The standard InChI is InChI=1S/C29H31N7O2/c1-33(2)28(37)21-6-4-19(5-7-21)20-9-13-35(14-10-20)18-22-16-23-26(8-12-30-27(23)34(22)3)36-15-11-25-24(29(36)38)17-31-32-25/h4-8,11-12,15-17,20H,9-10,13-14,18H2,1-3H3,(H,31,32). The molecule has 0 bridgehead atoms. The average Bonchev–Trinajstić information content (AvgIpc) is 3.54. The van der Waals surface area contributed by atoms with Crippen molar-refractivity contribution in [2.45, 2.75) is 25.3 Å². The van der Waals surface area contributed by atoms with Crippen LogP contribution in [-0.2, 0) is 13.6 Å². The Balaban J connectivity index is 1.19. The van der Waals surface area contributed by atoms with Crippen molar-refractivity contribution in [3.05, 3.63) is 88.2 Å². The maximum absolute atomic E-state index is 13.1. The third kappa shape index (κ3) is 4.18. The van der Waals surface area contributed by atoms with E-state index in [9.17, 15) is 9.59 Å². The fraction of sp³-hybridized carbons (Fsp3) is 0.310. The molecule has 6 rings (SSSR count). The van der Waals surface area contributed by atoms with Gasteiger partial charge in [0.15, 0.2) is 0 Å². The first-order valence-corrected chi connectivity index (χ1v) is 12.9. The van der Waals surface area contributed by atoms with Crippen molar-refractivity contribution in [2.24, 2.45) is 7.05 Å². The van der Waals surface area contributed by atoms with Crippen molar-refractivity contribution in [1.29, 1.82) is 0 Å². The van der Waals surface area contributed by atoms with Crippen LogP contribution in [0.25, 0.3) is 27.6 Å². The minimum atomic E-state index is -0.102. The maximum atomic E-state index is 13.1. The van der Waals surface area contributed by atoms with Crippen molar-refractivity contribution in [2.75, 3.05) is 27.2 Å². The Labute approximate surface area is 220 Å². The van der Waals surface area contributed by atoms with Gasteiger partial charge in [0, 0.05) is 56.7 Å². The van der Waals surface area contributed by atoms with Gasteiger partial charge in [-0.2, -0.15) is 5.10 Å². The molecule has 1 fully saturated rings. The van der Waals surface area contributed by atoms with E-state index >= 15 is 0 Å². The lowest BCUT2D eigenvalue weighted by molar-refractivity contribution is 0.0827. The summed E-state index contributed by atoms with van der Waals surface area (Å²) >= 11 is 0. The monoisotopic (exact) mass is 509 g/mol. The summed E-state index contributed by atoms with van der Waals surface area (Å²) in [5, 5.41) is 8.39. The first-order valence-electron chi connectivity index (χ1n) is 12.9. The number of nitrogens with one attached hydrogen (secondary N) is 1. The van der Waals surface area contributed by atoms with Crippen molar-refractivity contribution in [3.63, 3.8) is 0 Å². The van der Waals surface area contributed by atoms with Gasteiger partial charge in [-0.25, -0.2) is 4.98 Å². The summed E-state index contributed by atoms with van der Waals surface area (Å²) in [6, 6.07) is 14.0. The summed E-state index contributed by atoms with van der Waals surface area (Å²) in [5.41, 5.74) is 5.51. The van der Waals surface area contributed by atoms with E-state index in [0.29, 0.717) is 11.3 Å². The molecule has 1 saturated heterocycles. The fourth-order valence-electron chi connectivity index (χ4n) is 5.56. The van der Waals surface area contributed by atoms with Gasteiger partial charge in [0.2, 0.25) is 0 Å². The van der Waals surface area contributed by atoms with E-state index in [-0.39, 0.29) is 11.5 Å². The molecule has 9 heteroatoms. The topological polar surface area (TPSA) is 92.1 Å². The Hall–Kier alpha value is -4.24. The van der Waals surface area contributed by atoms with Gasteiger partial charge < -0.3 is 9.47 Å². The number of fused-ring (bicyclic) bond motifs is 2. The van der Waals surface area contributed by atoms with E-state index < -0.39 is 0 Å². The van der Waals surface area contributed by atoms with E-state index in [1.54, 1.807) is 42.2 Å². The second-order valence-corrected chi connectivity index (χ2v) is 10.3. The molecule has 38 heavy (non-hydrogen) atoms. The zero-order chi connectivity index (χ0) is 26.4. The minimum Gasteiger partial charge on any atom is -0.345 e. The lowest BCUT2D eigenvalue weighted by Gasteiger charge is -2.32. The number of H-pyrrole nitrogens is 1. The quantitative estimate of drug-likeness (QED) is 0.390. The van der Waals surface area contributed by atoms with Gasteiger partial charge in [0.25, 0.3) is 11.5 Å². The predicted molar refractivity (Wildman–Crippen MR) is 148 cm³/mol. The van der Waals surface area contributed by atoms with Crippen LogP contribution in [0.3, 0.4) is 0 Å². The summed E-state index contributed by atoms with van der Waals surface area (Å²) in [6.45, 7) is 2.83. The Kier molecular flexibility index (Phi) is 6.07. The fourth-order valence-corrected chi connectivity index (χ4v) is 5.56. The second-order valence-electron chi connectivity index (χ2n) is 10.3. The molecule has 0 aliphatic carbocycles. The van der Waals surface area contributed by atoms with Crippen LogP contribution in [0.4, 0.5) is 0 Å². The number of pyridine rings is 2. The molecule has 1 N–H and O–H groups in total. The average molecular weight is 510 g/mol. The van der Waals surface area contributed by atoms with Crippen molar-refractivity contribution >= 4 is 27.8 Å². The highest BCUT2D eigenvalue weighted by atomic mass is 16.2. The molecular formula is C29H31N7O2.